The van der Waals surface area contributed by atoms with Gasteiger partial charge in [0, 0.05) is 6.42 Å². The maximum absolute atomic E-state index is 12.9. The van der Waals surface area contributed by atoms with E-state index in [1.54, 1.807) is 6.08 Å². The van der Waals surface area contributed by atoms with Crippen molar-refractivity contribution >= 4 is 13.7 Å². The summed E-state index contributed by atoms with van der Waals surface area (Å²) in [5.41, 5.74) is 0. The molecule has 0 aliphatic heterocycles. The molecule has 3 N–H and O–H groups in total. The lowest BCUT2D eigenvalue weighted by Crippen LogP contribution is -2.45. The third-order valence-corrected chi connectivity index (χ3v) is 13.6. The number of hydrogen-bond donors (Lipinski definition) is 3. The average Bonchev–Trinajstić information content (AvgIpc) is 3.26. The molecule has 0 aliphatic rings. The van der Waals surface area contributed by atoms with Gasteiger partial charge in [-0.25, -0.2) is 4.57 Å². The van der Waals surface area contributed by atoms with Crippen LogP contribution in [0, 0.1) is 0 Å². The molecule has 0 saturated heterocycles. The lowest BCUT2D eigenvalue weighted by atomic mass is 10.0. The molecule has 65 heavy (non-hydrogen) atoms. The van der Waals surface area contributed by atoms with E-state index in [1.165, 1.54) is 199 Å². The van der Waals surface area contributed by atoms with Crippen LogP contribution in [0.3, 0.4) is 0 Å². The molecule has 0 rings (SSSR count). The smallest absolute Gasteiger partial charge is 0.387 e. The van der Waals surface area contributed by atoms with Crippen molar-refractivity contribution in [2.75, 3.05) is 40.9 Å². The Balaban J connectivity index is 4.18. The second-order valence-electron chi connectivity index (χ2n) is 20.3. The number of likely N-dealkylation sites (N-methyl/N-ethyl adjacent to an activating group) is 1. The van der Waals surface area contributed by atoms with Crippen LogP contribution in [0.4, 0.5) is 0 Å². The molecule has 9 heteroatoms. The largest absolute Gasteiger partial charge is 0.472 e. The standard InChI is InChI=1S/C56H109N2O6P/c1-6-8-10-12-14-16-18-20-22-24-25-26-27-28-29-30-31-32-33-34-36-38-40-42-44-46-48-50-56(60)57-54(53-64-65(61,62)63-52-51-58(3,4)5)55(59)49-47-45-43-41-39-37-35-23-21-19-17-15-13-11-9-7-2/h21,23,39,41,47,49,54-55,59H,6-20,22,24-38,40,42-46,48,50-53H2,1-5H3,(H-,57,60,61,62)/p+1/b23-21+,41-39+,49-47+. The van der Waals surface area contributed by atoms with Gasteiger partial charge in [0.2, 0.25) is 5.91 Å². The van der Waals surface area contributed by atoms with Gasteiger partial charge >= 0.3 is 7.82 Å². The number of nitrogens with one attached hydrogen (secondary N) is 1. The van der Waals surface area contributed by atoms with E-state index >= 15 is 0 Å². The molecule has 0 heterocycles. The van der Waals surface area contributed by atoms with E-state index in [4.69, 9.17) is 9.05 Å². The molecule has 0 aromatic rings. The van der Waals surface area contributed by atoms with Crippen molar-refractivity contribution in [2.24, 2.45) is 0 Å². The second-order valence-corrected chi connectivity index (χ2v) is 21.8. The molecule has 0 aliphatic carbocycles. The highest BCUT2D eigenvalue weighted by molar-refractivity contribution is 7.47. The van der Waals surface area contributed by atoms with Crippen molar-refractivity contribution in [3.8, 4) is 0 Å². The molecule has 0 spiro atoms. The maximum atomic E-state index is 12.9. The Morgan fingerprint density at radius 3 is 1.23 bits per heavy atom. The van der Waals surface area contributed by atoms with Crippen molar-refractivity contribution in [2.45, 2.75) is 276 Å². The highest BCUT2D eigenvalue weighted by Gasteiger charge is 2.27. The Hall–Kier alpha value is -1.28. The number of amides is 1. The van der Waals surface area contributed by atoms with E-state index in [-0.39, 0.29) is 19.1 Å². The van der Waals surface area contributed by atoms with Crippen LogP contribution in [0.1, 0.15) is 264 Å². The van der Waals surface area contributed by atoms with E-state index in [2.05, 4.69) is 43.5 Å². The Bertz CT molecular complexity index is 1150. The minimum Gasteiger partial charge on any atom is -0.387 e. The number of allylic oxidation sites excluding steroid dienone is 5. The zero-order valence-corrected chi connectivity index (χ0v) is 44.6. The number of carbonyl (C=O) groups excluding carboxylic acids is 1. The van der Waals surface area contributed by atoms with Crippen LogP contribution < -0.4 is 5.32 Å². The molecule has 384 valence electrons. The fraction of sp³-hybridized carbons (Fsp3) is 0.875. The quantitative estimate of drug-likeness (QED) is 0.0243. The molecule has 1 amide bonds. The monoisotopic (exact) mass is 938 g/mol. The lowest BCUT2D eigenvalue weighted by molar-refractivity contribution is -0.870. The average molecular weight is 938 g/mol. The Morgan fingerprint density at radius 1 is 0.508 bits per heavy atom. The predicted octanol–water partition coefficient (Wildman–Crippen LogP) is 16.6. The van der Waals surface area contributed by atoms with Gasteiger partial charge in [0.15, 0.2) is 0 Å². The molecule has 3 atom stereocenters. The Kier molecular flexibility index (Phi) is 46.8. The van der Waals surface area contributed by atoms with Crippen molar-refractivity contribution in [1.82, 2.24) is 5.32 Å². The molecule has 0 aromatic heterocycles. The van der Waals surface area contributed by atoms with Crippen molar-refractivity contribution in [3.63, 3.8) is 0 Å². The number of phosphoric acid groups is 1. The van der Waals surface area contributed by atoms with E-state index in [0.29, 0.717) is 17.4 Å². The third-order valence-electron chi connectivity index (χ3n) is 12.6. The zero-order chi connectivity index (χ0) is 47.8. The van der Waals surface area contributed by atoms with Gasteiger partial charge in [-0.05, 0) is 44.9 Å². The van der Waals surface area contributed by atoms with Gasteiger partial charge in [0.25, 0.3) is 0 Å². The molecular formula is C56H110N2O6P+. The highest BCUT2D eigenvalue weighted by Crippen LogP contribution is 2.43. The van der Waals surface area contributed by atoms with Crippen LogP contribution in [0.25, 0.3) is 0 Å². The third kappa shape index (κ3) is 50.4. The first kappa shape index (κ1) is 63.7. The number of aliphatic hydroxyl groups excluding tert-OH is 1. The summed E-state index contributed by atoms with van der Waals surface area (Å²) in [6.07, 6.45) is 61.1. The second kappa shape index (κ2) is 47.8. The first-order valence-electron chi connectivity index (χ1n) is 27.9. The summed E-state index contributed by atoms with van der Waals surface area (Å²) in [6.45, 7) is 4.80. The molecule has 0 bridgehead atoms. The molecule has 8 nitrogen and oxygen atoms in total. The molecule has 0 radical (unpaired) electrons. The van der Waals surface area contributed by atoms with E-state index in [9.17, 15) is 19.4 Å². The highest BCUT2D eigenvalue weighted by atomic mass is 31.2. The number of quaternary nitrogens is 1. The van der Waals surface area contributed by atoms with Gasteiger partial charge in [0.05, 0.1) is 39.9 Å². The summed E-state index contributed by atoms with van der Waals surface area (Å²) in [5.74, 6) is -0.187. The van der Waals surface area contributed by atoms with Crippen molar-refractivity contribution in [3.05, 3.63) is 36.5 Å². The SMILES string of the molecule is CCCCCCCC/C=C/CC/C=C/CC/C=C/C(O)C(COP(=O)(O)OCC[N+](C)(C)C)NC(=O)CCCCCCCCCCCCCCCCCCCCCCCCCCCCC. The number of carbonyl (C=O) groups is 1. The van der Waals surface area contributed by atoms with Gasteiger partial charge in [-0.1, -0.05) is 249 Å². The topological polar surface area (TPSA) is 105 Å². The van der Waals surface area contributed by atoms with Gasteiger partial charge in [-0.3, -0.25) is 13.8 Å². The fourth-order valence-electron chi connectivity index (χ4n) is 8.19. The van der Waals surface area contributed by atoms with Crippen LogP contribution in [-0.4, -0.2) is 73.4 Å². The summed E-state index contributed by atoms with van der Waals surface area (Å²) >= 11 is 0. The van der Waals surface area contributed by atoms with E-state index in [1.807, 2.05) is 27.2 Å². The van der Waals surface area contributed by atoms with Crippen LogP contribution in [0.5, 0.6) is 0 Å². The number of hydrogen-bond acceptors (Lipinski definition) is 5. The molecule has 3 unspecified atom stereocenters. The minimum atomic E-state index is -4.35. The van der Waals surface area contributed by atoms with Crippen LogP contribution in [0.15, 0.2) is 36.5 Å². The van der Waals surface area contributed by atoms with Crippen molar-refractivity contribution in [1.29, 1.82) is 0 Å². The number of phosphoric ester groups is 1. The summed E-state index contributed by atoms with van der Waals surface area (Å²) in [7, 11) is 1.55. The number of aliphatic hydroxyl groups is 1. The van der Waals surface area contributed by atoms with Crippen LogP contribution in [-0.2, 0) is 18.4 Å². The maximum Gasteiger partial charge on any atom is 0.472 e. The zero-order valence-electron chi connectivity index (χ0n) is 43.7. The Morgan fingerprint density at radius 2 is 0.846 bits per heavy atom. The molecule has 0 saturated carbocycles. The van der Waals surface area contributed by atoms with E-state index < -0.39 is 20.0 Å². The van der Waals surface area contributed by atoms with Crippen LogP contribution >= 0.6 is 7.82 Å². The Labute approximate surface area is 404 Å². The van der Waals surface area contributed by atoms with Gasteiger partial charge in [-0.15, -0.1) is 0 Å². The van der Waals surface area contributed by atoms with Gasteiger partial charge < -0.3 is 19.8 Å². The van der Waals surface area contributed by atoms with Gasteiger partial charge in [-0.2, -0.15) is 0 Å². The molecule has 0 fully saturated rings. The normalized spacial score (nSPS) is 14.3. The fourth-order valence-corrected chi connectivity index (χ4v) is 8.93. The minimum absolute atomic E-state index is 0.0550. The number of nitrogens with zero attached hydrogens (tertiary/aromatic N) is 1. The summed E-state index contributed by atoms with van der Waals surface area (Å²) in [4.78, 5) is 23.2. The molecular weight excluding hydrogens is 828 g/mol. The first-order valence-corrected chi connectivity index (χ1v) is 29.4. The number of rotatable bonds is 51. The van der Waals surface area contributed by atoms with Crippen molar-refractivity contribution < 1.29 is 32.9 Å². The van der Waals surface area contributed by atoms with E-state index in [0.717, 1.165) is 44.9 Å². The summed E-state index contributed by atoms with van der Waals surface area (Å²) < 4.78 is 23.6. The first-order chi connectivity index (χ1) is 31.5. The summed E-state index contributed by atoms with van der Waals surface area (Å²) in [5, 5.41) is 13.9. The van der Waals surface area contributed by atoms with Gasteiger partial charge in [0.1, 0.15) is 13.2 Å². The molecule has 0 aromatic carbocycles. The predicted molar refractivity (Wildman–Crippen MR) is 281 cm³/mol. The summed E-state index contributed by atoms with van der Waals surface area (Å²) in [6, 6.07) is -0.867. The number of unbranched alkanes of at least 4 members (excludes halogenated alkanes) is 34. The van der Waals surface area contributed by atoms with Crippen LogP contribution in [0.2, 0.25) is 0 Å². The lowest BCUT2D eigenvalue weighted by Gasteiger charge is -2.25.